The lowest BCUT2D eigenvalue weighted by molar-refractivity contribution is -0.0864. The number of carbonyl (C=O) groups is 1. The third-order valence-electron chi connectivity index (χ3n) is 4.16. The second kappa shape index (κ2) is 6.22. The van der Waals surface area contributed by atoms with Crippen molar-refractivity contribution in [2.75, 3.05) is 11.9 Å². The van der Waals surface area contributed by atoms with Crippen molar-refractivity contribution in [2.45, 2.75) is 51.2 Å². The van der Waals surface area contributed by atoms with E-state index in [0.29, 0.717) is 12.4 Å². The average Bonchev–Trinajstić information content (AvgIpc) is 2.47. The van der Waals surface area contributed by atoms with Crippen LogP contribution in [0.15, 0.2) is 18.3 Å². The van der Waals surface area contributed by atoms with Gasteiger partial charge in [-0.15, -0.1) is 0 Å². The van der Waals surface area contributed by atoms with E-state index in [1.807, 2.05) is 0 Å². The van der Waals surface area contributed by atoms with Gasteiger partial charge in [0.05, 0.1) is 5.60 Å². The Morgan fingerprint density at radius 1 is 1.55 bits per heavy atom. The van der Waals surface area contributed by atoms with Crippen LogP contribution in [0.3, 0.4) is 0 Å². The molecule has 0 amide bonds. The summed E-state index contributed by atoms with van der Waals surface area (Å²) in [5, 5.41) is 12.5. The number of ether oxygens (including phenoxy) is 1. The molecule has 2 rings (SSSR count). The summed E-state index contributed by atoms with van der Waals surface area (Å²) in [6.07, 6.45) is 5.30. The molecule has 5 nitrogen and oxygen atoms in total. The average molecular weight is 278 g/mol. The van der Waals surface area contributed by atoms with Gasteiger partial charge in [-0.1, -0.05) is 13.8 Å². The van der Waals surface area contributed by atoms with E-state index < -0.39 is 5.97 Å². The Labute approximate surface area is 119 Å². The van der Waals surface area contributed by atoms with E-state index in [-0.39, 0.29) is 17.2 Å². The Morgan fingerprint density at radius 3 is 2.95 bits per heavy atom. The maximum atomic E-state index is 11.2. The molecule has 1 saturated heterocycles. The second-order valence-corrected chi connectivity index (χ2v) is 5.28. The normalized spacial score (nSPS) is 21.4. The number of carboxylic acids is 1. The first-order chi connectivity index (χ1) is 9.60. The molecule has 2 heterocycles. The van der Waals surface area contributed by atoms with Gasteiger partial charge >= 0.3 is 5.97 Å². The van der Waals surface area contributed by atoms with Gasteiger partial charge in [-0.2, -0.15) is 0 Å². The Balaban J connectivity index is 2.12. The molecular formula is C15H22N2O3. The van der Waals surface area contributed by atoms with Gasteiger partial charge in [-0.25, -0.2) is 9.78 Å². The molecule has 0 aromatic carbocycles. The van der Waals surface area contributed by atoms with Crippen LogP contribution in [0.5, 0.6) is 0 Å². The number of hydrogen-bond acceptors (Lipinski definition) is 4. The minimum atomic E-state index is -0.954. The van der Waals surface area contributed by atoms with Crippen molar-refractivity contribution in [3.05, 3.63) is 23.9 Å². The van der Waals surface area contributed by atoms with Crippen LogP contribution in [0, 0.1) is 0 Å². The number of pyridine rings is 1. The van der Waals surface area contributed by atoms with Crippen molar-refractivity contribution in [1.29, 1.82) is 0 Å². The molecule has 1 aliphatic rings. The first-order valence-corrected chi connectivity index (χ1v) is 7.19. The molecular weight excluding hydrogens is 256 g/mol. The summed E-state index contributed by atoms with van der Waals surface area (Å²) in [6.45, 7) is 4.97. The fraction of sp³-hybridized carbons (Fsp3) is 0.600. The van der Waals surface area contributed by atoms with E-state index in [1.54, 1.807) is 18.3 Å². The third-order valence-corrected chi connectivity index (χ3v) is 4.16. The van der Waals surface area contributed by atoms with Gasteiger partial charge in [0, 0.05) is 18.8 Å². The molecule has 1 aromatic heterocycles. The first-order valence-electron chi connectivity index (χ1n) is 7.19. The van der Waals surface area contributed by atoms with E-state index in [9.17, 15) is 9.90 Å². The van der Waals surface area contributed by atoms with Crippen LogP contribution < -0.4 is 5.32 Å². The van der Waals surface area contributed by atoms with E-state index in [4.69, 9.17) is 4.74 Å². The lowest BCUT2D eigenvalue weighted by atomic mass is 9.86. The Kier molecular flexibility index (Phi) is 4.60. The molecule has 5 heteroatoms. The molecule has 0 bridgehead atoms. The molecule has 1 atom stereocenters. The summed E-state index contributed by atoms with van der Waals surface area (Å²) in [5.41, 5.74) is 0.131. The zero-order valence-electron chi connectivity index (χ0n) is 12.1. The molecule has 1 fully saturated rings. The maximum Gasteiger partial charge on any atom is 0.339 e. The van der Waals surface area contributed by atoms with Crippen LogP contribution in [0.25, 0.3) is 0 Å². The molecule has 0 aliphatic carbocycles. The molecule has 1 aromatic rings. The fourth-order valence-corrected chi connectivity index (χ4v) is 2.78. The largest absolute Gasteiger partial charge is 0.478 e. The second-order valence-electron chi connectivity index (χ2n) is 5.28. The van der Waals surface area contributed by atoms with Gasteiger partial charge in [0.2, 0.25) is 0 Å². The fourth-order valence-electron chi connectivity index (χ4n) is 2.78. The van der Waals surface area contributed by atoms with Crippen LogP contribution in [-0.4, -0.2) is 34.3 Å². The summed E-state index contributed by atoms with van der Waals surface area (Å²) in [6, 6.07) is 3.42. The molecule has 0 spiro atoms. The number of aromatic carboxylic acids is 1. The lowest BCUT2D eigenvalue weighted by Crippen LogP contribution is -2.43. The number of hydrogen-bond donors (Lipinski definition) is 2. The highest BCUT2D eigenvalue weighted by atomic mass is 16.5. The standard InChI is InChI=1S/C15H22N2O3/c1-3-15(4-2)10-11(7-9-20-15)17-13-12(14(18)19)6-5-8-16-13/h5-6,8,11H,3-4,7,9-10H2,1-2H3,(H,16,17)(H,18,19). The van der Waals surface area contributed by atoms with Gasteiger partial charge < -0.3 is 15.2 Å². The summed E-state index contributed by atoms with van der Waals surface area (Å²) in [5.74, 6) is -0.502. The Morgan fingerprint density at radius 2 is 2.30 bits per heavy atom. The molecule has 0 radical (unpaired) electrons. The number of nitrogens with zero attached hydrogens (tertiary/aromatic N) is 1. The quantitative estimate of drug-likeness (QED) is 0.866. The predicted molar refractivity (Wildman–Crippen MR) is 77.1 cm³/mol. The van der Waals surface area contributed by atoms with E-state index >= 15 is 0 Å². The van der Waals surface area contributed by atoms with E-state index in [1.165, 1.54) is 0 Å². The molecule has 20 heavy (non-hydrogen) atoms. The molecule has 1 unspecified atom stereocenters. The summed E-state index contributed by atoms with van der Waals surface area (Å²) >= 11 is 0. The van der Waals surface area contributed by atoms with Crippen LogP contribution in [0.2, 0.25) is 0 Å². The minimum absolute atomic E-state index is 0.0892. The lowest BCUT2D eigenvalue weighted by Gasteiger charge is -2.40. The van der Waals surface area contributed by atoms with E-state index in [2.05, 4.69) is 24.1 Å². The van der Waals surface area contributed by atoms with E-state index in [0.717, 1.165) is 25.7 Å². The first kappa shape index (κ1) is 14.8. The van der Waals surface area contributed by atoms with Gasteiger partial charge in [-0.05, 0) is 37.8 Å². The number of rotatable bonds is 5. The van der Waals surface area contributed by atoms with Crippen molar-refractivity contribution in [3.63, 3.8) is 0 Å². The zero-order valence-corrected chi connectivity index (χ0v) is 12.1. The number of nitrogens with one attached hydrogen (secondary N) is 1. The van der Waals surface area contributed by atoms with Crippen molar-refractivity contribution >= 4 is 11.8 Å². The Hall–Kier alpha value is -1.62. The molecule has 1 aliphatic heterocycles. The van der Waals surface area contributed by atoms with Crippen LogP contribution in [0.1, 0.15) is 49.9 Å². The van der Waals surface area contributed by atoms with Crippen molar-refractivity contribution in [3.8, 4) is 0 Å². The smallest absolute Gasteiger partial charge is 0.339 e. The van der Waals surface area contributed by atoms with Crippen LogP contribution >= 0.6 is 0 Å². The molecule has 110 valence electrons. The summed E-state index contributed by atoms with van der Waals surface area (Å²) in [4.78, 5) is 15.4. The van der Waals surface area contributed by atoms with Crippen molar-refractivity contribution < 1.29 is 14.6 Å². The predicted octanol–water partition coefficient (Wildman–Crippen LogP) is 2.93. The third kappa shape index (κ3) is 3.10. The number of aromatic nitrogens is 1. The van der Waals surface area contributed by atoms with Crippen molar-refractivity contribution in [1.82, 2.24) is 4.98 Å². The summed E-state index contributed by atoms with van der Waals surface area (Å²) in [7, 11) is 0. The highest BCUT2D eigenvalue weighted by molar-refractivity contribution is 5.93. The van der Waals surface area contributed by atoms with Crippen LogP contribution in [-0.2, 0) is 4.74 Å². The monoisotopic (exact) mass is 278 g/mol. The zero-order chi connectivity index (χ0) is 14.6. The molecule has 2 N–H and O–H groups in total. The SMILES string of the molecule is CCC1(CC)CC(Nc2ncccc2C(=O)O)CCO1. The number of carboxylic acid groups (broad SMARTS) is 1. The van der Waals surface area contributed by atoms with Crippen molar-refractivity contribution in [2.24, 2.45) is 0 Å². The Bertz CT molecular complexity index is 472. The van der Waals surface area contributed by atoms with Gasteiger partial charge in [-0.3, -0.25) is 0 Å². The van der Waals surface area contributed by atoms with Crippen LogP contribution in [0.4, 0.5) is 5.82 Å². The van der Waals surface area contributed by atoms with Gasteiger partial charge in [0.25, 0.3) is 0 Å². The number of anilines is 1. The highest BCUT2D eigenvalue weighted by Gasteiger charge is 2.34. The minimum Gasteiger partial charge on any atom is -0.478 e. The van der Waals surface area contributed by atoms with Gasteiger partial charge in [0.1, 0.15) is 11.4 Å². The molecule has 0 saturated carbocycles. The highest BCUT2D eigenvalue weighted by Crippen LogP contribution is 2.32. The van der Waals surface area contributed by atoms with Gasteiger partial charge in [0.15, 0.2) is 0 Å². The maximum absolute atomic E-state index is 11.2. The summed E-state index contributed by atoms with van der Waals surface area (Å²) < 4.78 is 5.93. The topological polar surface area (TPSA) is 71.5 Å².